The molecule has 0 aliphatic heterocycles. The summed E-state index contributed by atoms with van der Waals surface area (Å²) in [5.74, 6) is 0. The first kappa shape index (κ1) is 10.1. The lowest BCUT2D eigenvalue weighted by Gasteiger charge is -2.03. The molecule has 0 atom stereocenters. The summed E-state index contributed by atoms with van der Waals surface area (Å²) in [5, 5.41) is 0.980. The Morgan fingerprint density at radius 3 is 2.60 bits per heavy atom. The van der Waals surface area contributed by atoms with E-state index in [9.17, 15) is 0 Å². The third-order valence-electron chi connectivity index (χ3n) is 2.09. The van der Waals surface area contributed by atoms with E-state index in [1.165, 1.54) is 4.90 Å². The minimum Gasteiger partial charge on any atom is -0.397 e. The predicted octanol–water partition coefficient (Wildman–Crippen LogP) is 3.12. The lowest BCUT2D eigenvalue weighted by Crippen LogP contribution is -1.91. The molecular weight excluding hydrogens is 204 g/mol. The van der Waals surface area contributed by atoms with Gasteiger partial charge in [-0.1, -0.05) is 30.0 Å². The Morgan fingerprint density at radius 2 is 1.93 bits per heavy atom. The van der Waals surface area contributed by atoms with Crippen molar-refractivity contribution in [3.63, 3.8) is 0 Å². The van der Waals surface area contributed by atoms with Gasteiger partial charge < -0.3 is 5.73 Å². The zero-order chi connectivity index (χ0) is 10.7. The summed E-state index contributed by atoms with van der Waals surface area (Å²) >= 11 is 1.64. The van der Waals surface area contributed by atoms with Gasteiger partial charge in [0.1, 0.15) is 5.03 Å². The van der Waals surface area contributed by atoms with Crippen LogP contribution in [0.3, 0.4) is 0 Å². The van der Waals surface area contributed by atoms with Gasteiger partial charge in [0.25, 0.3) is 0 Å². The predicted molar refractivity (Wildman–Crippen MR) is 64.0 cm³/mol. The minimum absolute atomic E-state index is 0.743. The second-order valence-electron chi connectivity index (χ2n) is 3.29. The number of aryl methyl sites for hydroxylation is 1. The Bertz CT molecular complexity index is 454. The zero-order valence-electron chi connectivity index (χ0n) is 8.47. The largest absolute Gasteiger partial charge is 0.397 e. The van der Waals surface area contributed by atoms with Gasteiger partial charge in [0.05, 0.1) is 11.9 Å². The fourth-order valence-corrected chi connectivity index (χ4v) is 2.08. The lowest BCUT2D eigenvalue weighted by atomic mass is 10.3. The third kappa shape index (κ3) is 2.50. The monoisotopic (exact) mass is 216 g/mol. The van der Waals surface area contributed by atoms with Gasteiger partial charge in [-0.05, 0) is 30.7 Å². The van der Waals surface area contributed by atoms with E-state index in [0.717, 1.165) is 16.3 Å². The van der Waals surface area contributed by atoms with Crippen molar-refractivity contribution in [3.05, 3.63) is 48.2 Å². The summed E-state index contributed by atoms with van der Waals surface area (Å²) in [6.45, 7) is 1.99. The molecule has 0 saturated carbocycles. The van der Waals surface area contributed by atoms with Gasteiger partial charge in [0.15, 0.2) is 0 Å². The average Bonchev–Trinajstić information content (AvgIpc) is 2.25. The summed E-state index contributed by atoms with van der Waals surface area (Å²) in [4.78, 5) is 5.46. The van der Waals surface area contributed by atoms with Gasteiger partial charge in [-0.2, -0.15) is 0 Å². The van der Waals surface area contributed by atoms with E-state index in [2.05, 4.69) is 17.1 Å². The maximum atomic E-state index is 5.71. The Morgan fingerprint density at radius 1 is 1.20 bits per heavy atom. The highest BCUT2D eigenvalue weighted by molar-refractivity contribution is 7.99. The normalized spacial score (nSPS) is 10.2. The van der Waals surface area contributed by atoms with E-state index in [0.29, 0.717) is 0 Å². The van der Waals surface area contributed by atoms with Gasteiger partial charge in [0, 0.05) is 4.90 Å². The molecule has 0 spiro atoms. The van der Waals surface area contributed by atoms with Crippen LogP contribution in [0.25, 0.3) is 0 Å². The van der Waals surface area contributed by atoms with Crippen molar-refractivity contribution in [2.75, 3.05) is 5.73 Å². The van der Waals surface area contributed by atoms with Crippen LogP contribution in [0.1, 0.15) is 5.56 Å². The highest BCUT2D eigenvalue weighted by atomic mass is 32.2. The number of anilines is 1. The molecule has 2 nitrogen and oxygen atoms in total. The van der Waals surface area contributed by atoms with Gasteiger partial charge >= 0.3 is 0 Å². The Hall–Kier alpha value is -1.48. The first-order valence-electron chi connectivity index (χ1n) is 4.71. The molecule has 1 aromatic heterocycles. The summed E-state index contributed by atoms with van der Waals surface area (Å²) < 4.78 is 0. The van der Waals surface area contributed by atoms with Crippen molar-refractivity contribution >= 4 is 17.4 Å². The molecule has 3 heteroatoms. The average molecular weight is 216 g/mol. The van der Waals surface area contributed by atoms with Crippen LogP contribution in [0, 0.1) is 6.92 Å². The van der Waals surface area contributed by atoms with Crippen LogP contribution in [0.15, 0.2) is 52.5 Å². The first-order chi connectivity index (χ1) is 7.25. The molecule has 0 fully saturated rings. The van der Waals surface area contributed by atoms with Crippen LogP contribution < -0.4 is 5.73 Å². The number of aromatic nitrogens is 1. The first-order valence-corrected chi connectivity index (χ1v) is 5.52. The molecule has 76 valence electrons. The fraction of sp³-hybridized carbons (Fsp3) is 0.0833. The van der Waals surface area contributed by atoms with Crippen molar-refractivity contribution < 1.29 is 0 Å². The number of pyridine rings is 1. The van der Waals surface area contributed by atoms with Gasteiger partial charge in [-0.15, -0.1) is 0 Å². The molecule has 0 unspecified atom stereocenters. The van der Waals surface area contributed by atoms with Crippen molar-refractivity contribution in [2.45, 2.75) is 16.8 Å². The third-order valence-corrected chi connectivity index (χ3v) is 3.03. The van der Waals surface area contributed by atoms with E-state index in [-0.39, 0.29) is 0 Å². The Labute approximate surface area is 93.5 Å². The van der Waals surface area contributed by atoms with E-state index < -0.39 is 0 Å². The number of benzene rings is 1. The van der Waals surface area contributed by atoms with Crippen LogP contribution in [-0.2, 0) is 0 Å². The summed E-state index contributed by atoms with van der Waals surface area (Å²) in [6, 6.07) is 12.2. The van der Waals surface area contributed by atoms with E-state index in [1.54, 1.807) is 18.0 Å². The second kappa shape index (κ2) is 4.36. The quantitative estimate of drug-likeness (QED) is 0.838. The molecule has 0 radical (unpaired) electrons. The molecule has 0 aliphatic carbocycles. The smallest absolute Gasteiger partial charge is 0.101 e. The number of rotatable bonds is 2. The van der Waals surface area contributed by atoms with Crippen molar-refractivity contribution in [2.24, 2.45) is 0 Å². The lowest BCUT2D eigenvalue weighted by molar-refractivity contribution is 1.11. The van der Waals surface area contributed by atoms with Gasteiger partial charge in [0.2, 0.25) is 0 Å². The molecule has 1 heterocycles. The fourth-order valence-electron chi connectivity index (χ4n) is 1.21. The van der Waals surface area contributed by atoms with Crippen LogP contribution in [0.2, 0.25) is 0 Å². The highest BCUT2D eigenvalue weighted by Gasteiger charge is 2.00. The summed E-state index contributed by atoms with van der Waals surface area (Å²) in [6.07, 6.45) is 1.71. The van der Waals surface area contributed by atoms with Gasteiger partial charge in [-0.25, -0.2) is 4.98 Å². The topological polar surface area (TPSA) is 38.9 Å². The van der Waals surface area contributed by atoms with Crippen molar-refractivity contribution in [1.29, 1.82) is 0 Å². The highest BCUT2D eigenvalue weighted by Crippen LogP contribution is 2.26. The summed E-state index contributed by atoms with van der Waals surface area (Å²) in [7, 11) is 0. The standard InChI is InChI=1S/C12H12N2S/c1-9-7-12(14-8-11(9)13)15-10-5-3-2-4-6-10/h2-8H,13H2,1H3. The van der Waals surface area contributed by atoms with Crippen molar-refractivity contribution in [1.82, 2.24) is 4.98 Å². The molecule has 2 N–H and O–H groups in total. The van der Waals surface area contributed by atoms with Crippen LogP contribution >= 0.6 is 11.8 Å². The summed E-state index contributed by atoms with van der Waals surface area (Å²) in [5.41, 5.74) is 7.53. The molecule has 15 heavy (non-hydrogen) atoms. The van der Waals surface area contributed by atoms with E-state index in [1.807, 2.05) is 31.2 Å². The minimum atomic E-state index is 0.743. The zero-order valence-corrected chi connectivity index (χ0v) is 9.29. The molecule has 2 aromatic rings. The molecular formula is C12H12N2S. The van der Waals surface area contributed by atoms with Crippen LogP contribution in [0.5, 0.6) is 0 Å². The van der Waals surface area contributed by atoms with Gasteiger partial charge in [-0.3, -0.25) is 0 Å². The Kier molecular flexibility index (Phi) is 2.92. The Balaban J connectivity index is 2.22. The second-order valence-corrected chi connectivity index (χ2v) is 4.39. The molecule has 0 aliphatic rings. The molecule has 0 saturated heterocycles. The molecule has 0 amide bonds. The maximum Gasteiger partial charge on any atom is 0.101 e. The molecule has 2 rings (SSSR count). The number of nitrogens with zero attached hydrogens (tertiary/aromatic N) is 1. The number of hydrogen-bond donors (Lipinski definition) is 1. The SMILES string of the molecule is Cc1cc(Sc2ccccc2)ncc1N. The number of nitrogen functional groups attached to an aromatic ring is 1. The van der Waals surface area contributed by atoms with Crippen molar-refractivity contribution in [3.8, 4) is 0 Å². The molecule has 0 bridgehead atoms. The van der Waals surface area contributed by atoms with E-state index >= 15 is 0 Å². The maximum absolute atomic E-state index is 5.71. The van der Waals surface area contributed by atoms with E-state index in [4.69, 9.17) is 5.73 Å². The number of nitrogens with two attached hydrogens (primary N) is 1. The number of hydrogen-bond acceptors (Lipinski definition) is 3. The van der Waals surface area contributed by atoms with Crippen LogP contribution in [0.4, 0.5) is 5.69 Å². The van der Waals surface area contributed by atoms with Crippen LogP contribution in [-0.4, -0.2) is 4.98 Å². The molecule has 1 aromatic carbocycles.